The highest BCUT2D eigenvalue weighted by molar-refractivity contribution is 7.98. The molecule has 0 atom stereocenters. The van der Waals surface area contributed by atoms with Crippen LogP contribution in [0.5, 0.6) is 5.75 Å². The maximum atomic E-state index is 12.9. The molecule has 0 aliphatic heterocycles. The zero-order valence-corrected chi connectivity index (χ0v) is 21.7. The van der Waals surface area contributed by atoms with Gasteiger partial charge in [0.15, 0.2) is 0 Å². The summed E-state index contributed by atoms with van der Waals surface area (Å²) in [5.41, 5.74) is 3.62. The van der Waals surface area contributed by atoms with Gasteiger partial charge < -0.3 is 19.9 Å². The molecule has 1 aliphatic rings. The highest BCUT2D eigenvalue weighted by Gasteiger charge is 2.16. The minimum Gasteiger partial charge on any atom is -0.496 e. The van der Waals surface area contributed by atoms with E-state index in [4.69, 9.17) is 4.74 Å². The Morgan fingerprint density at radius 3 is 2.53 bits per heavy atom. The van der Waals surface area contributed by atoms with Crippen LogP contribution in [-0.2, 0) is 13.5 Å². The fourth-order valence-corrected chi connectivity index (χ4v) is 5.05. The minimum atomic E-state index is -0.164. The van der Waals surface area contributed by atoms with Crippen molar-refractivity contribution in [3.63, 3.8) is 0 Å². The minimum absolute atomic E-state index is 0.134. The van der Waals surface area contributed by atoms with E-state index < -0.39 is 0 Å². The Balaban J connectivity index is 1.25. The van der Waals surface area contributed by atoms with Gasteiger partial charge in [-0.2, -0.15) is 0 Å². The van der Waals surface area contributed by atoms with Gasteiger partial charge in [-0.3, -0.25) is 9.52 Å². The van der Waals surface area contributed by atoms with Gasteiger partial charge >= 0.3 is 6.03 Å². The fraction of sp³-hybridized carbons (Fsp3) is 0.357. The molecule has 1 aliphatic carbocycles. The van der Waals surface area contributed by atoms with Crippen molar-refractivity contribution >= 4 is 23.9 Å². The maximum Gasteiger partial charge on any atom is 0.325 e. The van der Waals surface area contributed by atoms with Crippen LogP contribution in [-0.4, -0.2) is 36.2 Å². The summed E-state index contributed by atoms with van der Waals surface area (Å²) in [7, 11) is 3.55. The van der Waals surface area contributed by atoms with Crippen molar-refractivity contribution in [3.8, 4) is 17.0 Å². The number of hydrogen-bond donors (Lipinski definition) is 3. The molecule has 0 bridgehead atoms. The molecule has 3 aromatic rings. The number of nitrogens with zero attached hydrogens (tertiary/aromatic N) is 1. The van der Waals surface area contributed by atoms with E-state index in [2.05, 4.69) is 15.4 Å². The van der Waals surface area contributed by atoms with E-state index in [9.17, 15) is 9.59 Å². The van der Waals surface area contributed by atoms with Crippen LogP contribution in [0.4, 0.5) is 4.79 Å². The molecule has 0 unspecified atom stereocenters. The zero-order chi connectivity index (χ0) is 25.3. The summed E-state index contributed by atoms with van der Waals surface area (Å²) in [6.07, 6.45) is 8.45. The van der Waals surface area contributed by atoms with Crippen LogP contribution in [0.3, 0.4) is 0 Å². The number of methoxy groups -OCH3 is 1. The molecule has 7 nitrogen and oxygen atoms in total. The third kappa shape index (κ3) is 6.85. The molecule has 0 radical (unpaired) electrons. The molecule has 3 N–H and O–H groups in total. The molecule has 1 saturated carbocycles. The number of benzene rings is 2. The Bertz CT molecular complexity index is 1170. The van der Waals surface area contributed by atoms with E-state index in [0.717, 1.165) is 34.6 Å². The first-order chi connectivity index (χ1) is 17.5. The summed E-state index contributed by atoms with van der Waals surface area (Å²) in [5, 5.41) is 6.06. The summed E-state index contributed by atoms with van der Waals surface area (Å²) in [5.74, 6) is 0.384. The Morgan fingerprint density at radius 1 is 1.06 bits per heavy atom. The molecule has 190 valence electrons. The number of rotatable bonds is 9. The monoisotopic (exact) mass is 506 g/mol. The molecule has 1 fully saturated rings. The number of carbonyl (C=O) groups excluding carboxylic acids is 2. The molecule has 3 amide bonds. The number of nitrogens with one attached hydrogen (secondary N) is 3. The number of urea groups is 1. The zero-order valence-electron chi connectivity index (χ0n) is 20.9. The van der Waals surface area contributed by atoms with Crippen LogP contribution in [0.25, 0.3) is 11.3 Å². The molecular formula is C28H34N4O3S. The first-order valence-electron chi connectivity index (χ1n) is 12.4. The van der Waals surface area contributed by atoms with Crippen LogP contribution in [0.15, 0.2) is 65.7 Å². The van der Waals surface area contributed by atoms with E-state index in [-0.39, 0.29) is 18.0 Å². The average molecular weight is 507 g/mol. The van der Waals surface area contributed by atoms with Crippen molar-refractivity contribution < 1.29 is 14.3 Å². The van der Waals surface area contributed by atoms with Crippen molar-refractivity contribution in [3.05, 3.63) is 71.9 Å². The number of ether oxygens (including phenoxy) is 1. The lowest BCUT2D eigenvalue weighted by Crippen LogP contribution is -2.40. The summed E-state index contributed by atoms with van der Waals surface area (Å²) < 4.78 is 10.3. The van der Waals surface area contributed by atoms with Crippen molar-refractivity contribution in [1.29, 1.82) is 0 Å². The van der Waals surface area contributed by atoms with E-state index in [0.29, 0.717) is 24.3 Å². The lowest BCUT2D eigenvalue weighted by Gasteiger charge is -2.22. The average Bonchev–Trinajstić information content (AvgIpc) is 3.34. The Labute approximate surface area is 217 Å². The predicted molar refractivity (Wildman–Crippen MR) is 144 cm³/mol. The normalized spacial score (nSPS) is 13.7. The number of hydrogen-bond acceptors (Lipinski definition) is 4. The molecule has 0 saturated heterocycles. The quantitative estimate of drug-likeness (QED) is 0.343. The summed E-state index contributed by atoms with van der Waals surface area (Å²) in [6, 6.07) is 17.8. The standard InChI is InChI=1S/C28H34N4O3S/c1-32-18-6-9-25(32)21-12-15-26(35-2)24(19-21)27(33)29-17-16-20-10-13-23(14-11-20)36-31-28(34)30-22-7-4-3-5-8-22/h6,9-15,18-19,22H,3-5,7-8,16-17H2,1-2H3,(H,29,33)(H2,30,31,34). The van der Waals surface area contributed by atoms with E-state index in [1.54, 1.807) is 7.11 Å². The van der Waals surface area contributed by atoms with Crippen LogP contribution in [0.2, 0.25) is 0 Å². The highest BCUT2D eigenvalue weighted by atomic mass is 32.2. The number of aromatic nitrogens is 1. The molecule has 1 aromatic heterocycles. The van der Waals surface area contributed by atoms with Crippen LogP contribution in [0.1, 0.15) is 48.0 Å². The first-order valence-corrected chi connectivity index (χ1v) is 13.3. The van der Waals surface area contributed by atoms with Gasteiger partial charge in [0.2, 0.25) is 0 Å². The second-order valence-electron chi connectivity index (χ2n) is 9.08. The largest absolute Gasteiger partial charge is 0.496 e. The van der Waals surface area contributed by atoms with Crippen LogP contribution < -0.4 is 20.1 Å². The highest BCUT2D eigenvalue weighted by Crippen LogP contribution is 2.27. The predicted octanol–water partition coefficient (Wildman–Crippen LogP) is 5.31. The van der Waals surface area contributed by atoms with Gasteiger partial charge in [-0.25, -0.2) is 4.79 Å². The molecule has 1 heterocycles. The second-order valence-corrected chi connectivity index (χ2v) is 9.96. The van der Waals surface area contributed by atoms with Gasteiger partial charge in [0, 0.05) is 36.4 Å². The lowest BCUT2D eigenvalue weighted by molar-refractivity contribution is 0.0951. The van der Waals surface area contributed by atoms with Crippen molar-refractivity contribution in [2.45, 2.75) is 49.5 Å². The summed E-state index contributed by atoms with van der Waals surface area (Å²) in [6.45, 7) is 0.505. The summed E-state index contributed by atoms with van der Waals surface area (Å²) >= 11 is 1.31. The number of aryl methyl sites for hydroxylation is 1. The van der Waals surface area contributed by atoms with Crippen LogP contribution in [0, 0.1) is 0 Å². The Kier molecular flexibility index (Phi) is 8.95. The van der Waals surface area contributed by atoms with Crippen molar-refractivity contribution in [1.82, 2.24) is 19.9 Å². The first kappa shape index (κ1) is 25.7. The topological polar surface area (TPSA) is 84.4 Å². The maximum absolute atomic E-state index is 12.9. The lowest BCUT2D eigenvalue weighted by atomic mass is 9.96. The smallest absolute Gasteiger partial charge is 0.325 e. The van der Waals surface area contributed by atoms with E-state index >= 15 is 0 Å². The second kappa shape index (κ2) is 12.5. The third-order valence-electron chi connectivity index (χ3n) is 6.51. The van der Waals surface area contributed by atoms with Gasteiger partial charge in [-0.05, 0) is 84.8 Å². The van der Waals surface area contributed by atoms with Crippen molar-refractivity contribution in [2.24, 2.45) is 7.05 Å². The van der Waals surface area contributed by atoms with Gasteiger partial charge in [0.1, 0.15) is 5.75 Å². The SMILES string of the molecule is COc1ccc(-c2cccn2C)cc1C(=O)NCCc1ccc(SNC(=O)NC2CCCCC2)cc1. The van der Waals surface area contributed by atoms with Crippen molar-refractivity contribution in [2.75, 3.05) is 13.7 Å². The molecule has 36 heavy (non-hydrogen) atoms. The van der Waals surface area contributed by atoms with E-state index in [1.807, 2.05) is 72.4 Å². The van der Waals surface area contributed by atoms with E-state index in [1.165, 1.54) is 31.2 Å². The molecule has 4 rings (SSSR count). The molecular weight excluding hydrogens is 472 g/mol. The van der Waals surface area contributed by atoms with Gasteiger partial charge in [-0.15, -0.1) is 0 Å². The van der Waals surface area contributed by atoms with Gasteiger partial charge in [0.05, 0.1) is 12.7 Å². The van der Waals surface area contributed by atoms with Gasteiger partial charge in [0.25, 0.3) is 5.91 Å². The van der Waals surface area contributed by atoms with Gasteiger partial charge in [-0.1, -0.05) is 31.4 Å². The Hall–Kier alpha value is -3.39. The Morgan fingerprint density at radius 2 is 1.83 bits per heavy atom. The summed E-state index contributed by atoms with van der Waals surface area (Å²) in [4.78, 5) is 26.0. The third-order valence-corrected chi connectivity index (χ3v) is 7.30. The number of carbonyl (C=O) groups is 2. The van der Waals surface area contributed by atoms with Crippen LogP contribution >= 0.6 is 11.9 Å². The molecule has 2 aromatic carbocycles. The fourth-order valence-electron chi connectivity index (χ4n) is 4.51. The molecule has 8 heteroatoms. The molecule has 0 spiro atoms. The number of amides is 3.